The van der Waals surface area contributed by atoms with Crippen LogP contribution < -0.4 is 0 Å². The molecule has 0 amide bonds. The van der Waals surface area contributed by atoms with Crippen molar-refractivity contribution in [3.8, 4) is 5.75 Å². The summed E-state index contributed by atoms with van der Waals surface area (Å²) >= 11 is 3.16. The van der Waals surface area contributed by atoms with Gasteiger partial charge >= 0.3 is 0 Å². The van der Waals surface area contributed by atoms with Crippen LogP contribution in [-0.2, 0) is 0 Å². The Labute approximate surface area is 76.0 Å². The second-order valence-corrected chi connectivity index (χ2v) is 3.63. The Morgan fingerprint density at radius 2 is 2.20 bits per heavy atom. The van der Waals surface area contributed by atoms with Crippen LogP contribution in [0.5, 0.6) is 5.75 Å². The number of rotatable bonds is 1. The van der Waals surface area contributed by atoms with E-state index in [4.69, 9.17) is 15.8 Å². The number of phenols is 1. The van der Waals surface area contributed by atoms with Gasteiger partial charge in [-0.15, -0.1) is 0 Å². The molecule has 1 N–H and O–H groups in total. The predicted octanol–water partition coefficient (Wildman–Crippen LogP) is 3.40. The maximum atomic E-state index is 9.11. The number of benzene rings is 1. The Kier molecular flexibility index (Phi) is 2.89. The first kappa shape index (κ1) is 8.24. The fourth-order valence-corrected chi connectivity index (χ4v) is 1.35. The molecule has 0 radical (unpaired) electrons. The Morgan fingerprint density at radius 1 is 1.50 bits per heavy atom. The summed E-state index contributed by atoms with van der Waals surface area (Å²) in [6.45, 7) is 0. The molecule has 0 heterocycles. The highest BCUT2D eigenvalue weighted by molar-refractivity contribution is 9.10. The van der Waals surface area contributed by atoms with Crippen molar-refractivity contribution in [3.63, 3.8) is 0 Å². The molecule has 0 unspecified atom stereocenters. The zero-order valence-corrected chi connectivity index (χ0v) is 8.00. The minimum Gasteiger partial charge on any atom is -0.507 e. The quantitative estimate of drug-likeness (QED) is 0.810. The molecule has 1 aromatic carbocycles. The minimum absolute atomic E-state index is 0.214. The second kappa shape index (κ2) is 3.51. The van der Waals surface area contributed by atoms with Crippen LogP contribution in [-0.4, -0.2) is 5.11 Å². The summed E-state index contributed by atoms with van der Waals surface area (Å²) in [5.41, 5.74) is 0. The Bertz CT molecular complexity index is 241. The third kappa shape index (κ3) is 1.81. The first-order valence-corrected chi connectivity index (χ1v) is 4.94. The van der Waals surface area contributed by atoms with Gasteiger partial charge in [-0.25, -0.2) is 0 Å². The molecule has 0 aliphatic heterocycles. The van der Waals surface area contributed by atoms with Crippen molar-refractivity contribution in [1.82, 2.24) is 0 Å². The highest BCUT2D eigenvalue weighted by Gasteiger charge is 1.97. The summed E-state index contributed by atoms with van der Waals surface area (Å²) in [5, 5.41) is 9.11. The largest absolute Gasteiger partial charge is 0.507 e. The molecular formula is C6H4BrClOS. The summed E-state index contributed by atoms with van der Waals surface area (Å²) in [5.74, 6) is 0.214. The van der Waals surface area contributed by atoms with Crippen LogP contribution in [0, 0.1) is 0 Å². The van der Waals surface area contributed by atoms with E-state index < -0.39 is 0 Å². The highest BCUT2D eigenvalue weighted by atomic mass is 79.9. The van der Waals surface area contributed by atoms with Crippen LogP contribution in [0.4, 0.5) is 0 Å². The average Bonchev–Trinajstić information content (AvgIpc) is 1.95. The van der Waals surface area contributed by atoms with Gasteiger partial charge in [-0.3, -0.25) is 0 Å². The number of aromatic hydroxyl groups is 1. The van der Waals surface area contributed by atoms with Crippen LogP contribution >= 0.6 is 37.6 Å². The lowest BCUT2D eigenvalue weighted by molar-refractivity contribution is 0.470. The molecule has 0 spiro atoms. The van der Waals surface area contributed by atoms with E-state index >= 15 is 0 Å². The van der Waals surface area contributed by atoms with Crippen molar-refractivity contribution in [1.29, 1.82) is 0 Å². The molecule has 1 aromatic rings. The van der Waals surface area contributed by atoms with Crippen molar-refractivity contribution >= 4 is 37.6 Å². The molecule has 0 aromatic heterocycles. The SMILES string of the molecule is Oc1cc(SCl)ccc1Br. The zero-order valence-electron chi connectivity index (χ0n) is 4.84. The molecule has 10 heavy (non-hydrogen) atoms. The summed E-state index contributed by atoms with van der Waals surface area (Å²) < 4.78 is 0.682. The molecule has 0 atom stereocenters. The average molecular weight is 240 g/mol. The smallest absolute Gasteiger partial charge is 0.130 e. The Balaban J connectivity index is 3.04. The molecule has 1 rings (SSSR count). The van der Waals surface area contributed by atoms with E-state index in [2.05, 4.69) is 15.9 Å². The van der Waals surface area contributed by atoms with E-state index in [1.807, 2.05) is 6.07 Å². The van der Waals surface area contributed by atoms with Gasteiger partial charge < -0.3 is 5.11 Å². The molecule has 0 bridgehead atoms. The van der Waals surface area contributed by atoms with E-state index in [0.29, 0.717) is 4.47 Å². The van der Waals surface area contributed by atoms with Crippen LogP contribution in [0.3, 0.4) is 0 Å². The van der Waals surface area contributed by atoms with Gasteiger partial charge in [0.1, 0.15) is 5.75 Å². The Morgan fingerprint density at radius 3 is 2.70 bits per heavy atom. The van der Waals surface area contributed by atoms with Gasteiger partial charge in [0.2, 0.25) is 0 Å². The van der Waals surface area contributed by atoms with Crippen molar-refractivity contribution in [2.45, 2.75) is 4.90 Å². The maximum absolute atomic E-state index is 9.11. The maximum Gasteiger partial charge on any atom is 0.130 e. The van der Waals surface area contributed by atoms with Gasteiger partial charge in [-0.2, -0.15) is 0 Å². The van der Waals surface area contributed by atoms with E-state index in [1.165, 1.54) is 0 Å². The predicted molar refractivity (Wildman–Crippen MR) is 47.5 cm³/mol. The third-order valence-electron chi connectivity index (χ3n) is 1.01. The van der Waals surface area contributed by atoms with Crippen LogP contribution in [0.25, 0.3) is 0 Å². The number of hydrogen-bond acceptors (Lipinski definition) is 2. The van der Waals surface area contributed by atoms with Gasteiger partial charge in [0, 0.05) is 4.90 Å². The van der Waals surface area contributed by atoms with Crippen molar-refractivity contribution < 1.29 is 5.11 Å². The van der Waals surface area contributed by atoms with Gasteiger partial charge in [0.15, 0.2) is 0 Å². The number of hydrogen-bond donors (Lipinski definition) is 1. The van der Waals surface area contributed by atoms with Crippen LogP contribution in [0.15, 0.2) is 27.6 Å². The summed E-state index contributed by atoms with van der Waals surface area (Å²) in [6.07, 6.45) is 0. The lowest BCUT2D eigenvalue weighted by atomic mass is 10.3. The monoisotopic (exact) mass is 238 g/mol. The molecule has 0 saturated heterocycles. The lowest BCUT2D eigenvalue weighted by Gasteiger charge is -1.96. The first-order valence-electron chi connectivity index (χ1n) is 2.51. The Hall–Kier alpha value is 0.140. The second-order valence-electron chi connectivity index (χ2n) is 1.69. The van der Waals surface area contributed by atoms with E-state index in [0.717, 1.165) is 15.9 Å². The first-order chi connectivity index (χ1) is 4.74. The number of phenolic OH excluding ortho intramolecular Hbond substituents is 1. The molecule has 0 fully saturated rings. The fraction of sp³-hybridized carbons (Fsp3) is 0. The van der Waals surface area contributed by atoms with E-state index in [9.17, 15) is 0 Å². The molecule has 4 heteroatoms. The van der Waals surface area contributed by atoms with Gasteiger partial charge in [0.05, 0.1) is 4.47 Å². The van der Waals surface area contributed by atoms with Gasteiger partial charge in [-0.1, -0.05) is 0 Å². The molecule has 0 aliphatic rings. The molecular weight excluding hydrogens is 235 g/mol. The van der Waals surface area contributed by atoms with Crippen LogP contribution in [0.2, 0.25) is 0 Å². The zero-order chi connectivity index (χ0) is 7.56. The normalized spacial score (nSPS) is 9.80. The minimum atomic E-state index is 0.214. The fourth-order valence-electron chi connectivity index (χ4n) is 0.540. The summed E-state index contributed by atoms with van der Waals surface area (Å²) in [4.78, 5) is 0.836. The standard InChI is InChI=1S/C6H4BrClOS/c7-5-2-1-4(10-8)3-6(5)9/h1-3,9H. The van der Waals surface area contributed by atoms with E-state index in [-0.39, 0.29) is 5.75 Å². The molecule has 54 valence electrons. The molecule has 0 saturated carbocycles. The van der Waals surface area contributed by atoms with Crippen molar-refractivity contribution in [2.24, 2.45) is 0 Å². The lowest BCUT2D eigenvalue weighted by Crippen LogP contribution is -1.69. The van der Waals surface area contributed by atoms with E-state index in [1.54, 1.807) is 12.1 Å². The summed E-state index contributed by atoms with van der Waals surface area (Å²) in [7, 11) is 6.52. The number of halogens is 2. The highest BCUT2D eigenvalue weighted by Crippen LogP contribution is 2.30. The molecule has 1 nitrogen and oxygen atoms in total. The van der Waals surface area contributed by atoms with Crippen molar-refractivity contribution in [3.05, 3.63) is 22.7 Å². The third-order valence-corrected chi connectivity index (χ3v) is 2.64. The van der Waals surface area contributed by atoms with Gasteiger partial charge in [0.25, 0.3) is 0 Å². The topological polar surface area (TPSA) is 20.2 Å². The van der Waals surface area contributed by atoms with Crippen molar-refractivity contribution in [2.75, 3.05) is 0 Å². The molecule has 0 aliphatic carbocycles. The van der Waals surface area contributed by atoms with Crippen LogP contribution in [0.1, 0.15) is 0 Å². The summed E-state index contributed by atoms with van der Waals surface area (Å²) in [6, 6.07) is 5.17. The van der Waals surface area contributed by atoms with Gasteiger partial charge in [-0.05, 0) is 55.8 Å².